The molecule has 1 amide bonds. The van der Waals surface area contributed by atoms with Crippen LogP contribution in [0.2, 0.25) is 5.02 Å². The van der Waals surface area contributed by atoms with E-state index in [1.165, 1.54) is 0 Å². The molecule has 0 aliphatic carbocycles. The molecule has 5 nitrogen and oxygen atoms in total. The van der Waals surface area contributed by atoms with E-state index in [1.807, 2.05) is 30.3 Å². The Hall–Kier alpha value is -2.08. The van der Waals surface area contributed by atoms with Crippen molar-refractivity contribution in [3.05, 3.63) is 58.6 Å². The van der Waals surface area contributed by atoms with Crippen molar-refractivity contribution >= 4 is 23.2 Å². The maximum Gasteiger partial charge on any atom is 0.292 e. The van der Waals surface area contributed by atoms with Crippen molar-refractivity contribution in [2.45, 2.75) is 12.3 Å². The van der Waals surface area contributed by atoms with Crippen LogP contribution in [0.25, 0.3) is 0 Å². The highest BCUT2D eigenvalue weighted by atomic mass is 35.5. The monoisotopic (exact) mass is 345 g/mol. The van der Waals surface area contributed by atoms with Crippen LogP contribution in [0.5, 0.6) is 5.75 Å². The van der Waals surface area contributed by atoms with E-state index in [4.69, 9.17) is 25.8 Å². The highest BCUT2D eigenvalue weighted by Crippen LogP contribution is 2.49. The fraction of sp³-hybridized carbons (Fsp3) is 0.278. The second-order valence-electron chi connectivity index (χ2n) is 5.65. The van der Waals surface area contributed by atoms with E-state index in [2.05, 4.69) is 0 Å². The van der Waals surface area contributed by atoms with Crippen molar-refractivity contribution in [2.24, 2.45) is 0 Å². The van der Waals surface area contributed by atoms with Gasteiger partial charge in [0.05, 0.1) is 37.6 Å². The zero-order chi connectivity index (χ0) is 16.7. The number of methoxy groups -OCH3 is 1. The largest absolute Gasteiger partial charge is 0.496 e. The van der Waals surface area contributed by atoms with Gasteiger partial charge in [-0.1, -0.05) is 41.9 Å². The third-order valence-corrected chi connectivity index (χ3v) is 4.66. The highest BCUT2D eigenvalue weighted by Gasteiger charge is 2.56. The van der Waals surface area contributed by atoms with E-state index in [0.29, 0.717) is 41.8 Å². The van der Waals surface area contributed by atoms with Crippen molar-refractivity contribution in [1.29, 1.82) is 0 Å². The second-order valence-corrected chi connectivity index (χ2v) is 6.06. The molecule has 0 radical (unpaired) electrons. The third kappa shape index (κ3) is 2.13. The summed E-state index contributed by atoms with van der Waals surface area (Å²) < 4.78 is 16.8. The van der Waals surface area contributed by atoms with Gasteiger partial charge in [-0.2, -0.15) is 0 Å². The molecule has 2 aromatic rings. The fourth-order valence-electron chi connectivity index (χ4n) is 3.30. The molecule has 1 spiro atoms. The summed E-state index contributed by atoms with van der Waals surface area (Å²) in [5, 5.41) is 0.492. The van der Waals surface area contributed by atoms with Crippen LogP contribution in [0.4, 0.5) is 5.69 Å². The summed E-state index contributed by atoms with van der Waals surface area (Å²) in [5.41, 5.74) is 2.18. The van der Waals surface area contributed by atoms with Crippen LogP contribution in [0.3, 0.4) is 0 Å². The molecule has 2 heterocycles. The van der Waals surface area contributed by atoms with Crippen molar-refractivity contribution in [3.63, 3.8) is 0 Å². The molecule has 24 heavy (non-hydrogen) atoms. The van der Waals surface area contributed by atoms with Gasteiger partial charge in [-0.15, -0.1) is 0 Å². The lowest BCUT2D eigenvalue weighted by Gasteiger charge is -2.22. The Morgan fingerprint density at radius 2 is 1.92 bits per heavy atom. The Bertz CT molecular complexity index is 801. The number of nitrogens with zero attached hydrogens (tertiary/aromatic N) is 1. The normalized spacial score (nSPS) is 18.2. The molecule has 0 N–H and O–H groups in total. The topological polar surface area (TPSA) is 48.0 Å². The molecule has 2 aliphatic heterocycles. The Morgan fingerprint density at radius 3 is 2.67 bits per heavy atom. The van der Waals surface area contributed by atoms with Gasteiger partial charge in [0.15, 0.2) is 0 Å². The highest BCUT2D eigenvalue weighted by molar-refractivity contribution is 6.35. The molecule has 2 aromatic carbocycles. The molecule has 0 saturated carbocycles. The Labute approximate surface area is 144 Å². The number of anilines is 1. The minimum atomic E-state index is -1.37. The number of para-hydroxylation sites is 2. The van der Waals surface area contributed by atoms with Crippen LogP contribution in [-0.4, -0.2) is 26.2 Å². The zero-order valence-electron chi connectivity index (χ0n) is 13.1. The maximum absolute atomic E-state index is 13.1. The number of carbonyl (C=O) groups is 1. The molecule has 0 aromatic heterocycles. The van der Waals surface area contributed by atoms with Crippen LogP contribution < -0.4 is 9.64 Å². The lowest BCUT2D eigenvalue weighted by atomic mass is 10.1. The quantitative estimate of drug-likeness (QED) is 0.857. The van der Waals surface area contributed by atoms with Gasteiger partial charge in [0.25, 0.3) is 11.7 Å². The van der Waals surface area contributed by atoms with Gasteiger partial charge in [0, 0.05) is 11.1 Å². The van der Waals surface area contributed by atoms with E-state index < -0.39 is 5.79 Å². The van der Waals surface area contributed by atoms with Crippen LogP contribution >= 0.6 is 11.6 Å². The summed E-state index contributed by atoms with van der Waals surface area (Å²) in [5.74, 6) is -0.912. The Balaban J connectivity index is 1.81. The fourth-order valence-corrected chi connectivity index (χ4v) is 3.57. The van der Waals surface area contributed by atoms with Crippen LogP contribution in [0, 0.1) is 0 Å². The first-order valence-electron chi connectivity index (χ1n) is 7.68. The van der Waals surface area contributed by atoms with Gasteiger partial charge in [-0.25, -0.2) is 0 Å². The first-order chi connectivity index (χ1) is 11.7. The van der Waals surface area contributed by atoms with Gasteiger partial charge in [0.2, 0.25) is 0 Å². The number of rotatable bonds is 3. The number of halogens is 1. The van der Waals surface area contributed by atoms with E-state index in [-0.39, 0.29) is 5.91 Å². The van der Waals surface area contributed by atoms with Crippen LogP contribution in [0.15, 0.2) is 42.5 Å². The predicted octanol–water partition coefficient (Wildman–Crippen LogP) is 3.10. The number of fused-ring (bicyclic) bond motifs is 2. The lowest BCUT2D eigenvalue weighted by Crippen LogP contribution is -2.41. The minimum Gasteiger partial charge on any atom is -0.496 e. The first kappa shape index (κ1) is 15.4. The minimum absolute atomic E-state index is 0.256. The summed E-state index contributed by atoms with van der Waals surface area (Å²) in [4.78, 5) is 14.7. The standard InChI is InChI=1S/C18H16ClNO4/c1-22-15-8-3-2-5-12(15)11-20-16-13(6-4-7-14(16)19)18(17(20)21)23-9-10-24-18/h2-8H,9-11H2,1H3. The zero-order valence-corrected chi connectivity index (χ0v) is 13.9. The second kappa shape index (κ2) is 5.77. The number of amides is 1. The smallest absolute Gasteiger partial charge is 0.292 e. The van der Waals surface area contributed by atoms with Gasteiger partial charge < -0.3 is 19.1 Å². The van der Waals surface area contributed by atoms with Gasteiger partial charge >= 0.3 is 0 Å². The molecular weight excluding hydrogens is 330 g/mol. The van der Waals surface area contributed by atoms with Gasteiger partial charge in [-0.3, -0.25) is 4.79 Å². The van der Waals surface area contributed by atoms with Crippen molar-refractivity contribution < 1.29 is 19.0 Å². The summed E-state index contributed by atoms with van der Waals surface area (Å²) in [6.45, 7) is 1.08. The molecule has 1 fully saturated rings. The molecular formula is C18H16ClNO4. The Morgan fingerprint density at radius 1 is 1.17 bits per heavy atom. The summed E-state index contributed by atoms with van der Waals surface area (Å²) in [6.07, 6.45) is 0. The summed E-state index contributed by atoms with van der Waals surface area (Å²) >= 11 is 6.39. The number of hydrogen-bond donors (Lipinski definition) is 0. The van der Waals surface area contributed by atoms with Gasteiger partial charge in [0.1, 0.15) is 5.75 Å². The first-order valence-corrected chi connectivity index (χ1v) is 8.06. The number of ether oxygens (including phenoxy) is 3. The van der Waals surface area contributed by atoms with Crippen LogP contribution in [-0.2, 0) is 26.6 Å². The number of benzene rings is 2. The molecule has 1 saturated heterocycles. The molecule has 0 unspecified atom stereocenters. The van der Waals surface area contributed by atoms with Crippen molar-refractivity contribution in [3.8, 4) is 5.75 Å². The number of carbonyl (C=O) groups excluding carboxylic acids is 1. The molecule has 6 heteroatoms. The maximum atomic E-state index is 13.1. The molecule has 4 rings (SSSR count). The van der Waals surface area contributed by atoms with E-state index in [9.17, 15) is 4.79 Å². The van der Waals surface area contributed by atoms with Crippen LogP contribution in [0.1, 0.15) is 11.1 Å². The number of hydrogen-bond acceptors (Lipinski definition) is 4. The SMILES string of the molecule is COc1ccccc1CN1C(=O)C2(OCCO2)c2cccc(Cl)c21. The average molecular weight is 346 g/mol. The van der Waals surface area contributed by atoms with Gasteiger partial charge in [-0.05, 0) is 12.1 Å². The lowest BCUT2D eigenvalue weighted by molar-refractivity contribution is -0.180. The predicted molar refractivity (Wildman–Crippen MR) is 89.2 cm³/mol. The average Bonchev–Trinajstić information content (AvgIpc) is 3.18. The third-order valence-electron chi connectivity index (χ3n) is 4.35. The van der Waals surface area contributed by atoms with E-state index in [0.717, 1.165) is 5.56 Å². The van der Waals surface area contributed by atoms with Crippen molar-refractivity contribution in [1.82, 2.24) is 0 Å². The summed E-state index contributed by atoms with van der Waals surface area (Å²) in [7, 11) is 1.61. The van der Waals surface area contributed by atoms with Crippen molar-refractivity contribution in [2.75, 3.05) is 25.2 Å². The summed E-state index contributed by atoms with van der Waals surface area (Å²) in [6, 6.07) is 13.0. The molecule has 0 atom stereocenters. The van der Waals surface area contributed by atoms with E-state index >= 15 is 0 Å². The molecule has 2 aliphatic rings. The van der Waals surface area contributed by atoms with E-state index in [1.54, 1.807) is 24.1 Å². The molecule has 124 valence electrons. The molecule has 0 bridgehead atoms. The Kier molecular flexibility index (Phi) is 3.72.